The van der Waals surface area contributed by atoms with Gasteiger partial charge in [-0.3, -0.25) is 4.98 Å². The second-order valence-corrected chi connectivity index (χ2v) is 5.47. The fourth-order valence-electron chi connectivity index (χ4n) is 2.99. The molecule has 1 fully saturated rings. The molecule has 1 saturated carbocycles. The average Bonchev–Trinajstić information content (AvgIpc) is 2.46. The zero-order valence-electron chi connectivity index (χ0n) is 11.4. The summed E-state index contributed by atoms with van der Waals surface area (Å²) in [5.74, 6) is 0.901. The minimum atomic E-state index is -2.48. The van der Waals surface area contributed by atoms with Gasteiger partial charge in [-0.25, -0.2) is 8.78 Å². The first kappa shape index (κ1) is 14.4. The van der Waals surface area contributed by atoms with Crippen molar-refractivity contribution >= 4 is 0 Å². The van der Waals surface area contributed by atoms with Crippen molar-refractivity contribution in [2.45, 2.75) is 57.4 Å². The Morgan fingerprint density at radius 3 is 2.53 bits per heavy atom. The molecule has 0 bridgehead atoms. The van der Waals surface area contributed by atoms with Crippen molar-refractivity contribution in [3.05, 3.63) is 29.6 Å². The molecule has 1 aliphatic carbocycles. The van der Waals surface area contributed by atoms with Gasteiger partial charge in [0.05, 0.1) is 0 Å². The molecule has 0 aliphatic heterocycles. The van der Waals surface area contributed by atoms with Gasteiger partial charge in [0.25, 0.3) is 6.43 Å². The molecule has 1 aromatic rings. The summed E-state index contributed by atoms with van der Waals surface area (Å²) in [5.41, 5.74) is 6.79. The molecule has 0 amide bonds. The molecule has 2 N–H and O–H groups in total. The molecule has 1 aromatic heterocycles. The molecule has 2 rings (SSSR count). The molecule has 1 aliphatic rings. The molecule has 2 nitrogen and oxygen atoms in total. The van der Waals surface area contributed by atoms with Crippen LogP contribution >= 0.6 is 0 Å². The number of rotatable bonds is 4. The highest BCUT2D eigenvalue weighted by molar-refractivity contribution is 5.16. The third-order valence-corrected chi connectivity index (χ3v) is 4.28. The molecule has 19 heavy (non-hydrogen) atoms. The molecular formula is C15H22F2N2. The van der Waals surface area contributed by atoms with Crippen molar-refractivity contribution in [3.8, 4) is 0 Å². The number of aromatic nitrogens is 1. The van der Waals surface area contributed by atoms with Crippen LogP contribution in [0.1, 0.15) is 62.8 Å². The van der Waals surface area contributed by atoms with Crippen molar-refractivity contribution in [2.75, 3.05) is 0 Å². The van der Waals surface area contributed by atoms with E-state index in [1.165, 1.54) is 6.07 Å². The standard InChI is InChI=1S/C15H22F2N2/c1-2-12(18)10-6-8-11(9-7-10)13-4-3-5-14(19-13)15(16)17/h3-5,10-12,15H,2,6-9,18H2,1H3. The van der Waals surface area contributed by atoms with E-state index in [2.05, 4.69) is 11.9 Å². The zero-order chi connectivity index (χ0) is 13.8. The fourth-order valence-corrected chi connectivity index (χ4v) is 2.99. The maximum Gasteiger partial charge on any atom is 0.280 e. The summed E-state index contributed by atoms with van der Waals surface area (Å²) in [5, 5.41) is 0. The number of nitrogens with zero attached hydrogens (tertiary/aromatic N) is 1. The van der Waals surface area contributed by atoms with Crippen LogP contribution in [-0.2, 0) is 0 Å². The van der Waals surface area contributed by atoms with Gasteiger partial charge < -0.3 is 5.73 Å². The zero-order valence-corrected chi connectivity index (χ0v) is 11.4. The minimum Gasteiger partial charge on any atom is -0.327 e. The van der Waals surface area contributed by atoms with Crippen LogP contribution in [0.25, 0.3) is 0 Å². The van der Waals surface area contributed by atoms with Crippen LogP contribution in [0.4, 0.5) is 8.78 Å². The van der Waals surface area contributed by atoms with Gasteiger partial charge in [0.2, 0.25) is 0 Å². The second-order valence-electron chi connectivity index (χ2n) is 5.47. The SMILES string of the molecule is CCC(N)C1CCC(c2cccc(C(F)F)n2)CC1. The number of hydrogen-bond acceptors (Lipinski definition) is 2. The van der Waals surface area contributed by atoms with Gasteiger partial charge in [0.1, 0.15) is 5.69 Å². The summed E-state index contributed by atoms with van der Waals surface area (Å²) in [7, 11) is 0. The van der Waals surface area contributed by atoms with Crippen LogP contribution in [0.3, 0.4) is 0 Å². The summed E-state index contributed by atoms with van der Waals surface area (Å²) >= 11 is 0. The molecule has 1 atom stereocenters. The van der Waals surface area contributed by atoms with Crippen molar-refractivity contribution in [1.29, 1.82) is 0 Å². The van der Waals surface area contributed by atoms with Crippen molar-refractivity contribution < 1.29 is 8.78 Å². The van der Waals surface area contributed by atoms with E-state index in [1.54, 1.807) is 6.07 Å². The molecular weight excluding hydrogens is 246 g/mol. The minimum absolute atomic E-state index is 0.107. The Balaban J connectivity index is 1.99. The lowest BCUT2D eigenvalue weighted by atomic mass is 9.77. The Morgan fingerprint density at radius 2 is 1.95 bits per heavy atom. The van der Waals surface area contributed by atoms with Gasteiger partial charge in [0, 0.05) is 17.7 Å². The molecule has 1 heterocycles. The third kappa shape index (κ3) is 3.50. The molecule has 1 unspecified atom stereocenters. The van der Waals surface area contributed by atoms with Crippen molar-refractivity contribution in [3.63, 3.8) is 0 Å². The molecule has 0 spiro atoms. The van der Waals surface area contributed by atoms with E-state index in [9.17, 15) is 8.78 Å². The van der Waals surface area contributed by atoms with Gasteiger partial charge in [-0.1, -0.05) is 13.0 Å². The van der Waals surface area contributed by atoms with Gasteiger partial charge in [-0.2, -0.15) is 0 Å². The Bertz CT molecular complexity index is 401. The summed E-state index contributed by atoms with van der Waals surface area (Å²) in [4.78, 5) is 4.10. The van der Waals surface area contributed by atoms with E-state index in [0.717, 1.165) is 37.8 Å². The predicted octanol–water partition coefficient (Wildman–Crippen LogP) is 4.03. The van der Waals surface area contributed by atoms with E-state index >= 15 is 0 Å². The summed E-state index contributed by atoms with van der Waals surface area (Å²) in [6.45, 7) is 2.12. The van der Waals surface area contributed by atoms with E-state index < -0.39 is 6.43 Å². The summed E-state index contributed by atoms with van der Waals surface area (Å²) in [6, 6.07) is 5.23. The predicted molar refractivity (Wildman–Crippen MR) is 72.2 cm³/mol. The van der Waals surface area contributed by atoms with Crippen LogP contribution < -0.4 is 5.73 Å². The lowest BCUT2D eigenvalue weighted by molar-refractivity contribution is 0.145. The van der Waals surface area contributed by atoms with Crippen LogP contribution in [0, 0.1) is 5.92 Å². The first-order valence-corrected chi connectivity index (χ1v) is 7.12. The highest BCUT2D eigenvalue weighted by Crippen LogP contribution is 2.36. The van der Waals surface area contributed by atoms with Crippen LogP contribution in [0.15, 0.2) is 18.2 Å². The molecule has 0 aromatic carbocycles. The number of hydrogen-bond donors (Lipinski definition) is 1. The maximum absolute atomic E-state index is 12.6. The molecule has 0 radical (unpaired) electrons. The molecule has 106 valence electrons. The number of pyridine rings is 1. The largest absolute Gasteiger partial charge is 0.327 e. The number of nitrogens with two attached hydrogens (primary N) is 1. The van der Waals surface area contributed by atoms with Gasteiger partial charge in [0.15, 0.2) is 0 Å². The second kappa shape index (κ2) is 6.42. The Hall–Kier alpha value is -1.03. The van der Waals surface area contributed by atoms with Crippen molar-refractivity contribution in [1.82, 2.24) is 4.98 Å². The topological polar surface area (TPSA) is 38.9 Å². The molecule has 4 heteroatoms. The molecule has 0 saturated heterocycles. The number of halogens is 2. The Kier molecular flexibility index (Phi) is 4.86. The quantitative estimate of drug-likeness (QED) is 0.895. The highest BCUT2D eigenvalue weighted by atomic mass is 19.3. The average molecular weight is 268 g/mol. The van der Waals surface area contributed by atoms with E-state index in [0.29, 0.717) is 11.8 Å². The van der Waals surface area contributed by atoms with Crippen LogP contribution in [-0.4, -0.2) is 11.0 Å². The smallest absolute Gasteiger partial charge is 0.280 e. The normalized spacial score (nSPS) is 25.5. The fraction of sp³-hybridized carbons (Fsp3) is 0.667. The number of alkyl halides is 2. The lowest BCUT2D eigenvalue weighted by Crippen LogP contribution is -2.32. The monoisotopic (exact) mass is 268 g/mol. The lowest BCUT2D eigenvalue weighted by Gasteiger charge is -2.31. The van der Waals surface area contributed by atoms with Gasteiger partial charge in [-0.15, -0.1) is 0 Å². The van der Waals surface area contributed by atoms with Gasteiger partial charge in [-0.05, 0) is 50.2 Å². The highest BCUT2D eigenvalue weighted by Gasteiger charge is 2.26. The Morgan fingerprint density at radius 1 is 1.26 bits per heavy atom. The van der Waals surface area contributed by atoms with Crippen molar-refractivity contribution in [2.24, 2.45) is 11.7 Å². The van der Waals surface area contributed by atoms with Gasteiger partial charge >= 0.3 is 0 Å². The van der Waals surface area contributed by atoms with Crippen LogP contribution in [0.5, 0.6) is 0 Å². The van der Waals surface area contributed by atoms with E-state index in [-0.39, 0.29) is 11.7 Å². The first-order chi connectivity index (χ1) is 9.11. The van der Waals surface area contributed by atoms with E-state index in [4.69, 9.17) is 5.73 Å². The summed E-state index contributed by atoms with van der Waals surface area (Å²) in [6.07, 6.45) is 2.72. The van der Waals surface area contributed by atoms with E-state index in [1.807, 2.05) is 6.07 Å². The van der Waals surface area contributed by atoms with Crippen LogP contribution in [0.2, 0.25) is 0 Å². The third-order valence-electron chi connectivity index (χ3n) is 4.28. The first-order valence-electron chi connectivity index (χ1n) is 7.12. The Labute approximate surface area is 113 Å². The summed E-state index contributed by atoms with van der Waals surface area (Å²) < 4.78 is 25.3. The maximum atomic E-state index is 12.6.